The molecule has 2 aromatic carbocycles. The van der Waals surface area contributed by atoms with Crippen LogP contribution in [0.25, 0.3) is 11.3 Å². The van der Waals surface area contributed by atoms with Gasteiger partial charge in [-0.3, -0.25) is 4.79 Å². The van der Waals surface area contributed by atoms with Crippen molar-refractivity contribution in [2.24, 2.45) is 0 Å². The molecule has 4 nitrogen and oxygen atoms in total. The van der Waals surface area contributed by atoms with Gasteiger partial charge in [0.25, 0.3) is 0 Å². The van der Waals surface area contributed by atoms with E-state index in [0.29, 0.717) is 17.7 Å². The van der Waals surface area contributed by atoms with Crippen LogP contribution in [-0.2, 0) is 24.2 Å². The van der Waals surface area contributed by atoms with Crippen LogP contribution in [0.5, 0.6) is 0 Å². The van der Waals surface area contributed by atoms with Crippen LogP contribution < -0.4 is 0 Å². The molecule has 0 fully saturated rings. The molecule has 29 heavy (non-hydrogen) atoms. The average molecular weight is 404 g/mol. The van der Waals surface area contributed by atoms with Gasteiger partial charge in [0.2, 0.25) is 5.91 Å². The Morgan fingerprint density at radius 1 is 1.14 bits per heavy atom. The normalized spacial score (nSPS) is 16.0. The Morgan fingerprint density at radius 3 is 2.52 bits per heavy atom. The van der Waals surface area contributed by atoms with Crippen LogP contribution in [0.1, 0.15) is 23.7 Å². The molecule has 150 valence electrons. The van der Waals surface area contributed by atoms with Crippen molar-refractivity contribution in [3.05, 3.63) is 76.5 Å². The quantitative estimate of drug-likeness (QED) is 0.480. The van der Waals surface area contributed by atoms with Crippen molar-refractivity contribution in [3.8, 4) is 11.3 Å². The molecule has 0 unspecified atom stereocenters. The van der Waals surface area contributed by atoms with Crippen molar-refractivity contribution >= 4 is 5.91 Å². The molecule has 1 atom stereocenters. The first-order valence-corrected chi connectivity index (χ1v) is 9.00. The number of nitrogens with zero attached hydrogens (tertiary/aromatic N) is 2. The Labute approximate surface area is 163 Å². The molecule has 0 saturated carbocycles. The molecule has 4 rings (SSSR count). The highest BCUT2D eigenvalue weighted by Gasteiger charge is 2.32. The number of fused-ring (bicyclic) bond motifs is 1. The summed E-state index contributed by atoms with van der Waals surface area (Å²) in [6, 6.07) is 7.45. The van der Waals surface area contributed by atoms with E-state index in [0.717, 1.165) is 12.1 Å². The van der Waals surface area contributed by atoms with Crippen molar-refractivity contribution in [1.82, 2.24) is 10.1 Å². The average Bonchev–Trinajstić information content (AvgIpc) is 3.08. The maximum atomic E-state index is 14.2. The van der Waals surface area contributed by atoms with Gasteiger partial charge in [0.1, 0.15) is 5.82 Å². The molecular weight excluding hydrogens is 388 g/mol. The van der Waals surface area contributed by atoms with E-state index in [1.54, 1.807) is 18.2 Å². The molecule has 2 heterocycles. The second-order valence-electron chi connectivity index (χ2n) is 7.04. The van der Waals surface area contributed by atoms with Crippen molar-refractivity contribution in [1.29, 1.82) is 0 Å². The van der Waals surface area contributed by atoms with Crippen LogP contribution in [0.3, 0.4) is 0 Å². The molecular formula is C21H16F4N2O2. The van der Waals surface area contributed by atoms with E-state index in [1.807, 2.05) is 6.92 Å². The predicted octanol–water partition coefficient (Wildman–Crippen LogP) is 4.41. The van der Waals surface area contributed by atoms with Crippen molar-refractivity contribution in [2.45, 2.75) is 32.4 Å². The van der Waals surface area contributed by atoms with E-state index in [9.17, 15) is 22.4 Å². The lowest BCUT2D eigenvalue weighted by atomic mass is 9.96. The first kappa shape index (κ1) is 19.2. The summed E-state index contributed by atoms with van der Waals surface area (Å²) in [6.45, 7) is 1.93. The number of aromatic nitrogens is 1. The number of carbonyl (C=O) groups is 1. The van der Waals surface area contributed by atoms with Gasteiger partial charge in [-0.05, 0) is 36.8 Å². The number of carbonyl (C=O) groups excluding carboxylic acids is 1. The summed E-state index contributed by atoms with van der Waals surface area (Å²) >= 11 is 0. The second kappa shape index (κ2) is 7.35. The van der Waals surface area contributed by atoms with Gasteiger partial charge in [0.05, 0.1) is 24.2 Å². The molecule has 8 heteroatoms. The van der Waals surface area contributed by atoms with E-state index in [4.69, 9.17) is 4.52 Å². The molecule has 0 saturated heterocycles. The SMILES string of the molecule is C[C@H]1Cc2noc(-c3ccccc3F)c2CN1C(=O)Cc1cc(F)c(F)c(F)c1. The second-order valence-corrected chi connectivity index (χ2v) is 7.04. The van der Waals surface area contributed by atoms with Crippen LogP contribution in [-0.4, -0.2) is 22.0 Å². The molecule has 0 aliphatic carbocycles. The lowest BCUT2D eigenvalue weighted by Gasteiger charge is -2.33. The topological polar surface area (TPSA) is 46.3 Å². The summed E-state index contributed by atoms with van der Waals surface area (Å²) in [6.07, 6.45) is 0.0965. The largest absolute Gasteiger partial charge is 0.356 e. The highest BCUT2D eigenvalue weighted by molar-refractivity contribution is 5.80. The standard InChI is InChI=1S/C21H16F4N2O2/c1-11-6-18-14(21(29-26-18)13-4-2-3-5-15(13)22)10-27(11)19(28)9-12-7-16(23)20(25)17(24)8-12/h2-5,7-8,11H,6,9-10H2,1H3/t11-/m0/s1. The molecule has 1 aromatic heterocycles. The fourth-order valence-electron chi connectivity index (χ4n) is 3.56. The molecule has 0 bridgehead atoms. The smallest absolute Gasteiger partial charge is 0.227 e. The Balaban J connectivity index is 1.61. The summed E-state index contributed by atoms with van der Waals surface area (Å²) in [5.74, 6) is -4.88. The minimum absolute atomic E-state index is 0.0315. The van der Waals surface area contributed by atoms with Gasteiger partial charge in [-0.25, -0.2) is 17.6 Å². The molecule has 3 aromatic rings. The summed E-state index contributed by atoms with van der Waals surface area (Å²) in [4.78, 5) is 14.3. The zero-order chi connectivity index (χ0) is 20.7. The molecule has 0 spiro atoms. The maximum absolute atomic E-state index is 14.2. The Bertz CT molecular complexity index is 1070. The van der Waals surface area contributed by atoms with E-state index in [-0.39, 0.29) is 35.9 Å². The minimum Gasteiger partial charge on any atom is -0.356 e. The number of benzene rings is 2. The van der Waals surface area contributed by atoms with E-state index in [1.165, 1.54) is 11.0 Å². The Hall–Kier alpha value is -3.16. The Kier molecular flexibility index (Phi) is 4.86. The van der Waals surface area contributed by atoms with Crippen LogP contribution >= 0.6 is 0 Å². The highest BCUT2D eigenvalue weighted by Crippen LogP contribution is 2.34. The predicted molar refractivity (Wildman–Crippen MR) is 95.6 cm³/mol. The van der Waals surface area contributed by atoms with Crippen molar-refractivity contribution < 1.29 is 26.9 Å². The van der Waals surface area contributed by atoms with E-state index in [2.05, 4.69) is 5.16 Å². The summed E-state index contributed by atoms with van der Waals surface area (Å²) in [5.41, 5.74) is 1.51. The van der Waals surface area contributed by atoms with E-state index < -0.39 is 29.2 Å². The molecule has 1 aliphatic rings. The molecule has 0 N–H and O–H groups in total. The van der Waals surface area contributed by atoms with Gasteiger partial charge in [-0.1, -0.05) is 17.3 Å². The molecule has 1 amide bonds. The maximum Gasteiger partial charge on any atom is 0.227 e. The number of hydrogen-bond donors (Lipinski definition) is 0. The van der Waals surface area contributed by atoms with Gasteiger partial charge < -0.3 is 9.42 Å². The zero-order valence-electron chi connectivity index (χ0n) is 15.4. The van der Waals surface area contributed by atoms with Crippen LogP contribution in [0, 0.1) is 23.3 Å². The Morgan fingerprint density at radius 2 is 1.83 bits per heavy atom. The fraction of sp³-hybridized carbons (Fsp3) is 0.238. The zero-order valence-corrected chi connectivity index (χ0v) is 15.4. The van der Waals surface area contributed by atoms with Crippen LogP contribution in [0.2, 0.25) is 0 Å². The first-order valence-electron chi connectivity index (χ1n) is 9.00. The van der Waals surface area contributed by atoms with Gasteiger partial charge in [0.15, 0.2) is 23.2 Å². The van der Waals surface area contributed by atoms with Gasteiger partial charge in [-0.2, -0.15) is 0 Å². The van der Waals surface area contributed by atoms with E-state index >= 15 is 0 Å². The fourth-order valence-corrected chi connectivity index (χ4v) is 3.56. The van der Waals surface area contributed by atoms with Crippen LogP contribution in [0.15, 0.2) is 40.9 Å². The third-order valence-corrected chi connectivity index (χ3v) is 5.06. The van der Waals surface area contributed by atoms with Gasteiger partial charge in [0, 0.05) is 18.0 Å². The lowest BCUT2D eigenvalue weighted by Crippen LogP contribution is -2.43. The summed E-state index contributed by atoms with van der Waals surface area (Å²) in [5, 5.41) is 4.01. The highest BCUT2D eigenvalue weighted by atomic mass is 19.2. The third-order valence-electron chi connectivity index (χ3n) is 5.06. The lowest BCUT2D eigenvalue weighted by molar-refractivity contribution is -0.133. The third kappa shape index (κ3) is 3.50. The van der Waals surface area contributed by atoms with Crippen LogP contribution in [0.4, 0.5) is 17.6 Å². The number of amides is 1. The summed E-state index contributed by atoms with van der Waals surface area (Å²) < 4.78 is 59.6. The van der Waals surface area contributed by atoms with Crippen molar-refractivity contribution in [3.63, 3.8) is 0 Å². The molecule has 0 radical (unpaired) electrons. The van der Waals surface area contributed by atoms with Gasteiger partial charge >= 0.3 is 0 Å². The van der Waals surface area contributed by atoms with Gasteiger partial charge in [-0.15, -0.1) is 0 Å². The number of rotatable bonds is 3. The minimum atomic E-state index is -1.57. The molecule has 1 aliphatic heterocycles. The van der Waals surface area contributed by atoms with Crippen molar-refractivity contribution in [2.75, 3.05) is 0 Å². The summed E-state index contributed by atoms with van der Waals surface area (Å²) in [7, 11) is 0. The number of hydrogen-bond acceptors (Lipinski definition) is 3. The first-order chi connectivity index (χ1) is 13.8. The number of halogens is 4. The monoisotopic (exact) mass is 404 g/mol.